The van der Waals surface area contributed by atoms with Crippen molar-refractivity contribution in [1.29, 1.82) is 0 Å². The Labute approximate surface area is 153 Å². The van der Waals surface area contributed by atoms with Gasteiger partial charge in [0.15, 0.2) is 0 Å². The first kappa shape index (κ1) is 17.3. The van der Waals surface area contributed by atoms with Crippen molar-refractivity contribution in [1.82, 2.24) is 9.78 Å². The predicted octanol–water partition coefficient (Wildman–Crippen LogP) is 4.50. The van der Waals surface area contributed by atoms with Gasteiger partial charge in [-0.2, -0.15) is 18.3 Å². The highest BCUT2D eigenvalue weighted by Crippen LogP contribution is 2.43. The van der Waals surface area contributed by atoms with Crippen LogP contribution in [0.4, 0.5) is 18.9 Å². The van der Waals surface area contributed by atoms with E-state index in [1.54, 1.807) is 44.3 Å². The summed E-state index contributed by atoms with van der Waals surface area (Å²) in [7, 11) is 1.67. The molecule has 2 heterocycles. The van der Waals surface area contributed by atoms with Gasteiger partial charge in [-0.1, -0.05) is 30.3 Å². The third-order valence-corrected chi connectivity index (χ3v) is 4.79. The summed E-state index contributed by atoms with van der Waals surface area (Å²) in [6.07, 6.45) is -4.46. The summed E-state index contributed by atoms with van der Waals surface area (Å²) in [6, 6.07) is 13.4. The van der Waals surface area contributed by atoms with E-state index >= 15 is 0 Å². The van der Waals surface area contributed by atoms with Gasteiger partial charge in [0.05, 0.1) is 17.3 Å². The summed E-state index contributed by atoms with van der Waals surface area (Å²) in [5.74, 6) is -0.276. The molecule has 0 bridgehead atoms. The molecule has 0 spiro atoms. The van der Waals surface area contributed by atoms with Crippen LogP contribution in [0.1, 0.15) is 38.9 Å². The molecule has 138 valence electrons. The molecule has 2 aromatic carbocycles. The first-order valence-corrected chi connectivity index (χ1v) is 8.38. The molecule has 1 unspecified atom stereocenters. The zero-order valence-electron chi connectivity index (χ0n) is 14.7. The van der Waals surface area contributed by atoms with Gasteiger partial charge in [0, 0.05) is 18.3 Å². The number of rotatable bonds is 2. The van der Waals surface area contributed by atoms with E-state index in [0.717, 1.165) is 12.1 Å². The fraction of sp³-hybridized carbons (Fsp3) is 0.200. The average Bonchev–Trinajstić information content (AvgIpc) is 3.10. The molecule has 0 aliphatic carbocycles. The normalized spacial score (nSPS) is 16.7. The molecule has 1 amide bonds. The van der Waals surface area contributed by atoms with E-state index in [1.807, 2.05) is 6.07 Å². The lowest BCUT2D eigenvalue weighted by molar-refractivity contribution is -0.137. The molecule has 1 aromatic heterocycles. The Morgan fingerprint density at radius 1 is 1.04 bits per heavy atom. The number of amides is 1. The third kappa shape index (κ3) is 2.70. The topological polar surface area (TPSA) is 38.1 Å². The van der Waals surface area contributed by atoms with Crippen LogP contribution >= 0.6 is 0 Å². The van der Waals surface area contributed by atoms with Crippen molar-refractivity contribution in [2.75, 3.05) is 4.90 Å². The largest absolute Gasteiger partial charge is 0.416 e. The minimum atomic E-state index is -4.46. The molecule has 0 radical (unpaired) electrons. The highest BCUT2D eigenvalue weighted by atomic mass is 19.4. The van der Waals surface area contributed by atoms with E-state index in [-0.39, 0.29) is 5.91 Å². The second-order valence-electron chi connectivity index (χ2n) is 6.51. The highest BCUT2D eigenvalue weighted by molar-refractivity contribution is 6.10. The molecular formula is C20H16F3N3O. The van der Waals surface area contributed by atoms with Crippen LogP contribution in [-0.4, -0.2) is 15.7 Å². The Morgan fingerprint density at radius 3 is 2.41 bits per heavy atom. The van der Waals surface area contributed by atoms with Crippen LogP contribution < -0.4 is 4.90 Å². The van der Waals surface area contributed by atoms with Crippen molar-refractivity contribution in [3.05, 3.63) is 82.7 Å². The van der Waals surface area contributed by atoms with Crippen molar-refractivity contribution in [2.45, 2.75) is 19.1 Å². The summed E-state index contributed by atoms with van der Waals surface area (Å²) in [5, 5.41) is 4.31. The molecule has 1 aliphatic heterocycles. The van der Waals surface area contributed by atoms with Crippen molar-refractivity contribution in [3.8, 4) is 0 Å². The maximum absolute atomic E-state index is 13.2. The maximum atomic E-state index is 13.2. The van der Waals surface area contributed by atoms with Crippen molar-refractivity contribution in [2.24, 2.45) is 7.05 Å². The number of halogens is 3. The van der Waals surface area contributed by atoms with Gasteiger partial charge in [-0.25, -0.2) is 0 Å². The second kappa shape index (κ2) is 5.97. The van der Waals surface area contributed by atoms with Gasteiger partial charge in [0.1, 0.15) is 5.69 Å². The minimum Gasteiger partial charge on any atom is -0.295 e. The minimum absolute atomic E-state index is 0.276. The lowest BCUT2D eigenvalue weighted by Crippen LogP contribution is -2.30. The summed E-state index contributed by atoms with van der Waals surface area (Å²) in [5.41, 5.74) is 1.96. The van der Waals surface area contributed by atoms with Gasteiger partial charge < -0.3 is 0 Å². The number of carbonyl (C=O) groups excluding carboxylic acids is 1. The number of benzene rings is 2. The van der Waals surface area contributed by atoms with Gasteiger partial charge >= 0.3 is 6.18 Å². The van der Waals surface area contributed by atoms with Crippen LogP contribution in [0.5, 0.6) is 0 Å². The molecule has 7 heteroatoms. The van der Waals surface area contributed by atoms with Crippen LogP contribution in [0.3, 0.4) is 0 Å². The summed E-state index contributed by atoms with van der Waals surface area (Å²) >= 11 is 0. The summed E-state index contributed by atoms with van der Waals surface area (Å²) < 4.78 is 41.2. The zero-order valence-corrected chi connectivity index (χ0v) is 14.7. The molecule has 0 saturated carbocycles. The number of anilines is 1. The Morgan fingerprint density at radius 2 is 1.74 bits per heavy atom. The number of nitrogens with zero attached hydrogens (tertiary/aromatic N) is 3. The Hall–Kier alpha value is -3.09. The van der Waals surface area contributed by atoms with E-state index in [4.69, 9.17) is 0 Å². The zero-order chi connectivity index (χ0) is 19.3. The van der Waals surface area contributed by atoms with Crippen LogP contribution in [-0.2, 0) is 13.2 Å². The van der Waals surface area contributed by atoms with E-state index < -0.39 is 17.8 Å². The lowest BCUT2D eigenvalue weighted by Gasteiger charge is -2.26. The van der Waals surface area contributed by atoms with Crippen LogP contribution in [0.2, 0.25) is 0 Å². The molecule has 0 N–H and O–H groups in total. The fourth-order valence-electron chi connectivity index (χ4n) is 3.67. The Bertz CT molecular complexity index is 1020. The molecule has 0 fully saturated rings. The molecule has 27 heavy (non-hydrogen) atoms. The highest BCUT2D eigenvalue weighted by Gasteiger charge is 2.43. The number of fused-ring (bicyclic) bond motifs is 1. The fourth-order valence-corrected chi connectivity index (χ4v) is 3.67. The molecule has 1 aliphatic rings. The SMILES string of the molecule is Cc1nn(C)c2c1C(c1cccc(C(F)(F)F)c1)N(c1ccccc1)C2=O. The van der Waals surface area contributed by atoms with Gasteiger partial charge in [0.25, 0.3) is 5.91 Å². The number of alkyl halides is 3. The van der Waals surface area contributed by atoms with Crippen LogP contribution in [0.25, 0.3) is 0 Å². The third-order valence-electron chi connectivity index (χ3n) is 4.79. The molecule has 4 rings (SSSR count). The Balaban J connectivity index is 1.94. The summed E-state index contributed by atoms with van der Waals surface area (Å²) in [6.45, 7) is 1.77. The number of para-hydroxylation sites is 1. The number of hydrogen-bond donors (Lipinski definition) is 0. The van der Waals surface area contributed by atoms with E-state index in [1.165, 1.54) is 15.6 Å². The molecule has 4 nitrogen and oxygen atoms in total. The van der Waals surface area contributed by atoms with Gasteiger partial charge in [-0.05, 0) is 36.8 Å². The maximum Gasteiger partial charge on any atom is 0.416 e. The molecule has 1 atom stereocenters. The second-order valence-corrected chi connectivity index (χ2v) is 6.51. The van der Waals surface area contributed by atoms with Gasteiger partial charge in [0.2, 0.25) is 0 Å². The number of aromatic nitrogens is 2. The molecule has 3 aromatic rings. The monoisotopic (exact) mass is 371 g/mol. The number of aryl methyl sites for hydroxylation is 2. The van der Waals surface area contributed by atoms with Crippen molar-refractivity contribution >= 4 is 11.6 Å². The molecule has 0 saturated heterocycles. The standard InChI is InChI=1S/C20H16F3N3O/c1-12-16-17(13-7-6-8-14(11-13)20(21,22)23)26(15-9-4-3-5-10-15)19(27)18(16)25(2)24-12/h3-11,17H,1-2H3. The quantitative estimate of drug-likeness (QED) is 0.665. The number of carbonyl (C=O) groups is 1. The van der Waals surface area contributed by atoms with E-state index in [0.29, 0.717) is 28.2 Å². The lowest BCUT2D eigenvalue weighted by atomic mass is 9.97. The van der Waals surface area contributed by atoms with Gasteiger partial charge in [-0.3, -0.25) is 14.4 Å². The van der Waals surface area contributed by atoms with Crippen LogP contribution in [0.15, 0.2) is 54.6 Å². The Kier molecular flexibility index (Phi) is 3.83. The van der Waals surface area contributed by atoms with Gasteiger partial charge in [-0.15, -0.1) is 0 Å². The van der Waals surface area contributed by atoms with E-state index in [2.05, 4.69) is 5.10 Å². The molecular weight excluding hydrogens is 355 g/mol. The van der Waals surface area contributed by atoms with Crippen molar-refractivity contribution in [3.63, 3.8) is 0 Å². The average molecular weight is 371 g/mol. The first-order chi connectivity index (χ1) is 12.8. The number of hydrogen-bond acceptors (Lipinski definition) is 2. The smallest absolute Gasteiger partial charge is 0.295 e. The summed E-state index contributed by atoms with van der Waals surface area (Å²) in [4.78, 5) is 14.7. The van der Waals surface area contributed by atoms with E-state index in [9.17, 15) is 18.0 Å². The first-order valence-electron chi connectivity index (χ1n) is 8.38. The van der Waals surface area contributed by atoms with Crippen molar-refractivity contribution < 1.29 is 18.0 Å². The van der Waals surface area contributed by atoms with Crippen LogP contribution in [0, 0.1) is 6.92 Å². The predicted molar refractivity (Wildman–Crippen MR) is 94.5 cm³/mol.